The van der Waals surface area contributed by atoms with Crippen molar-refractivity contribution in [2.75, 3.05) is 6.54 Å². The summed E-state index contributed by atoms with van der Waals surface area (Å²) in [5, 5.41) is 13.3. The second-order valence-electron chi connectivity index (χ2n) is 4.34. The summed E-state index contributed by atoms with van der Waals surface area (Å²) in [6.07, 6.45) is 4.16. The van der Waals surface area contributed by atoms with Crippen molar-refractivity contribution in [3.63, 3.8) is 0 Å². The van der Waals surface area contributed by atoms with Crippen LogP contribution >= 0.6 is 11.3 Å². The third-order valence-electron chi connectivity index (χ3n) is 3.14. The number of carbonyl (C=O) groups excluding carboxylic acids is 1. The van der Waals surface area contributed by atoms with Crippen LogP contribution in [0.15, 0.2) is 16.0 Å². The number of amidine groups is 1. The summed E-state index contributed by atoms with van der Waals surface area (Å²) >= 11 is 1.38. The zero-order valence-electron chi connectivity index (χ0n) is 9.95. The van der Waals surface area contributed by atoms with E-state index < -0.39 is 0 Å². The van der Waals surface area contributed by atoms with Crippen LogP contribution in [0.2, 0.25) is 0 Å². The standard InChI is InChI=1S/C11H16N4O2S/c12-10(14-17)5-15(8-3-1-2-4-8)11(16)9-6-18-7-13-9/h6-8,17H,1-5H2,(H2,12,14). The molecule has 6 nitrogen and oxygen atoms in total. The molecule has 0 atom stereocenters. The molecule has 1 heterocycles. The van der Waals surface area contributed by atoms with Gasteiger partial charge in [-0.15, -0.1) is 11.3 Å². The number of rotatable bonds is 4. The molecule has 0 aliphatic heterocycles. The molecule has 1 aliphatic carbocycles. The van der Waals surface area contributed by atoms with E-state index in [0.717, 1.165) is 25.7 Å². The maximum atomic E-state index is 12.3. The van der Waals surface area contributed by atoms with Crippen LogP contribution in [0, 0.1) is 0 Å². The number of nitrogens with two attached hydrogens (primary N) is 1. The molecule has 0 saturated heterocycles. The average molecular weight is 268 g/mol. The van der Waals surface area contributed by atoms with Crippen molar-refractivity contribution in [2.45, 2.75) is 31.7 Å². The number of hydrogen-bond donors (Lipinski definition) is 2. The largest absolute Gasteiger partial charge is 0.409 e. The lowest BCUT2D eigenvalue weighted by Gasteiger charge is -2.27. The summed E-state index contributed by atoms with van der Waals surface area (Å²) in [5.41, 5.74) is 7.58. The van der Waals surface area contributed by atoms with Crippen LogP contribution in [0.4, 0.5) is 0 Å². The van der Waals surface area contributed by atoms with Gasteiger partial charge in [-0.2, -0.15) is 0 Å². The molecule has 1 fully saturated rings. The van der Waals surface area contributed by atoms with Gasteiger partial charge in [-0.05, 0) is 12.8 Å². The Hall–Kier alpha value is -1.63. The zero-order valence-corrected chi connectivity index (χ0v) is 10.8. The van der Waals surface area contributed by atoms with E-state index >= 15 is 0 Å². The average Bonchev–Trinajstić information content (AvgIpc) is 3.06. The summed E-state index contributed by atoms with van der Waals surface area (Å²) in [6.45, 7) is 0.150. The van der Waals surface area contributed by atoms with E-state index in [1.165, 1.54) is 11.3 Å². The summed E-state index contributed by atoms with van der Waals surface area (Å²) in [4.78, 5) is 18.0. The molecule has 0 radical (unpaired) electrons. The van der Waals surface area contributed by atoms with E-state index in [1.54, 1.807) is 15.8 Å². The quantitative estimate of drug-likeness (QED) is 0.372. The van der Waals surface area contributed by atoms with Crippen molar-refractivity contribution in [1.82, 2.24) is 9.88 Å². The van der Waals surface area contributed by atoms with Gasteiger partial charge in [0.15, 0.2) is 5.84 Å². The number of nitrogens with zero attached hydrogens (tertiary/aromatic N) is 3. The fourth-order valence-corrected chi connectivity index (χ4v) is 2.78. The van der Waals surface area contributed by atoms with Crippen molar-refractivity contribution in [3.8, 4) is 0 Å². The van der Waals surface area contributed by atoms with Crippen molar-refractivity contribution in [1.29, 1.82) is 0 Å². The van der Waals surface area contributed by atoms with E-state index in [9.17, 15) is 4.79 Å². The van der Waals surface area contributed by atoms with Crippen LogP contribution in [0.3, 0.4) is 0 Å². The van der Waals surface area contributed by atoms with Gasteiger partial charge in [0.25, 0.3) is 5.91 Å². The third kappa shape index (κ3) is 2.79. The van der Waals surface area contributed by atoms with Gasteiger partial charge in [0.05, 0.1) is 12.1 Å². The lowest BCUT2D eigenvalue weighted by atomic mass is 10.2. The first-order valence-electron chi connectivity index (χ1n) is 5.88. The molecule has 1 aromatic heterocycles. The fraction of sp³-hybridized carbons (Fsp3) is 0.545. The third-order valence-corrected chi connectivity index (χ3v) is 3.73. The molecule has 1 saturated carbocycles. The Labute approximate surface area is 109 Å². The van der Waals surface area contributed by atoms with E-state index in [-0.39, 0.29) is 24.3 Å². The Morgan fingerprint density at radius 2 is 2.33 bits per heavy atom. The molecule has 0 spiro atoms. The maximum absolute atomic E-state index is 12.3. The molecule has 1 aliphatic rings. The first-order chi connectivity index (χ1) is 8.72. The molecular formula is C11H16N4O2S. The van der Waals surface area contributed by atoms with Gasteiger partial charge in [-0.1, -0.05) is 18.0 Å². The first-order valence-corrected chi connectivity index (χ1v) is 6.82. The topological polar surface area (TPSA) is 91.8 Å². The van der Waals surface area contributed by atoms with Crippen molar-refractivity contribution >= 4 is 23.1 Å². The van der Waals surface area contributed by atoms with Gasteiger partial charge < -0.3 is 15.8 Å². The molecule has 1 amide bonds. The predicted molar refractivity (Wildman–Crippen MR) is 68.8 cm³/mol. The van der Waals surface area contributed by atoms with Gasteiger partial charge in [0, 0.05) is 11.4 Å². The monoisotopic (exact) mass is 268 g/mol. The summed E-state index contributed by atoms with van der Waals surface area (Å²) in [6, 6.07) is 0.166. The molecular weight excluding hydrogens is 252 g/mol. The number of carbonyl (C=O) groups is 1. The summed E-state index contributed by atoms with van der Waals surface area (Å²) in [5.74, 6) is -0.0970. The minimum atomic E-state index is -0.144. The fourth-order valence-electron chi connectivity index (χ4n) is 2.25. The van der Waals surface area contributed by atoms with E-state index in [0.29, 0.717) is 5.69 Å². The summed E-state index contributed by atoms with van der Waals surface area (Å²) < 4.78 is 0. The molecule has 0 bridgehead atoms. The number of aromatic nitrogens is 1. The van der Waals surface area contributed by atoms with E-state index in [2.05, 4.69) is 10.1 Å². The molecule has 98 valence electrons. The molecule has 1 aromatic rings. The highest BCUT2D eigenvalue weighted by Crippen LogP contribution is 2.24. The molecule has 18 heavy (non-hydrogen) atoms. The Kier molecular flexibility index (Phi) is 4.14. The van der Waals surface area contributed by atoms with Gasteiger partial charge in [0.1, 0.15) is 5.69 Å². The Bertz CT molecular complexity index is 426. The second kappa shape index (κ2) is 5.81. The van der Waals surface area contributed by atoms with Crippen molar-refractivity contribution < 1.29 is 10.0 Å². The molecule has 3 N–H and O–H groups in total. The highest BCUT2D eigenvalue weighted by Gasteiger charge is 2.28. The minimum absolute atomic E-state index is 0.0467. The van der Waals surface area contributed by atoms with Crippen LogP contribution in [0.5, 0.6) is 0 Å². The minimum Gasteiger partial charge on any atom is -0.409 e. The van der Waals surface area contributed by atoms with Gasteiger partial charge in [-0.3, -0.25) is 4.79 Å². The number of hydrogen-bond acceptors (Lipinski definition) is 5. The van der Waals surface area contributed by atoms with E-state index in [1.807, 2.05) is 0 Å². The first kappa shape index (κ1) is 12.8. The normalized spacial score (nSPS) is 17.0. The number of oxime groups is 1. The van der Waals surface area contributed by atoms with Crippen LogP contribution in [-0.2, 0) is 0 Å². The van der Waals surface area contributed by atoms with Crippen LogP contribution < -0.4 is 5.73 Å². The smallest absolute Gasteiger partial charge is 0.273 e. The highest BCUT2D eigenvalue weighted by atomic mass is 32.1. The lowest BCUT2D eigenvalue weighted by molar-refractivity contribution is 0.0707. The predicted octanol–water partition coefficient (Wildman–Crippen LogP) is 1.27. The maximum Gasteiger partial charge on any atom is 0.273 e. The van der Waals surface area contributed by atoms with Crippen LogP contribution in [0.25, 0.3) is 0 Å². The number of amides is 1. The highest BCUT2D eigenvalue weighted by molar-refractivity contribution is 7.07. The molecule has 7 heteroatoms. The van der Waals surface area contributed by atoms with Crippen molar-refractivity contribution in [2.24, 2.45) is 10.9 Å². The Morgan fingerprint density at radius 3 is 2.89 bits per heavy atom. The van der Waals surface area contributed by atoms with Crippen LogP contribution in [0.1, 0.15) is 36.2 Å². The number of thiazole rings is 1. The van der Waals surface area contributed by atoms with Crippen molar-refractivity contribution in [3.05, 3.63) is 16.6 Å². The Morgan fingerprint density at radius 1 is 1.61 bits per heavy atom. The lowest BCUT2D eigenvalue weighted by Crippen LogP contribution is -2.44. The van der Waals surface area contributed by atoms with Gasteiger partial charge in [-0.25, -0.2) is 4.98 Å². The zero-order chi connectivity index (χ0) is 13.0. The second-order valence-corrected chi connectivity index (χ2v) is 5.06. The van der Waals surface area contributed by atoms with E-state index in [4.69, 9.17) is 10.9 Å². The molecule has 0 unspecified atom stereocenters. The van der Waals surface area contributed by atoms with Crippen LogP contribution in [-0.4, -0.2) is 39.4 Å². The SMILES string of the molecule is NC(CN(C(=O)c1cscn1)C1CCCC1)=NO. The molecule has 0 aromatic carbocycles. The molecule has 2 rings (SSSR count). The summed E-state index contributed by atoms with van der Waals surface area (Å²) in [7, 11) is 0. The Balaban J connectivity index is 2.15. The van der Waals surface area contributed by atoms with Gasteiger partial charge >= 0.3 is 0 Å². The van der Waals surface area contributed by atoms with Gasteiger partial charge in [0.2, 0.25) is 0 Å².